The molecule has 0 saturated heterocycles. The smallest absolute Gasteiger partial charge is 0.315 e. The van der Waals surface area contributed by atoms with Crippen LogP contribution in [-0.4, -0.2) is 35.1 Å². The molecule has 0 aliphatic heterocycles. The standard InChI is InChI=1S/C17H14F3N3O2/c18-7-14(23-17(25)16(19)20)15(24)11-3-1-10(2-4-11)12-5-6-13(8-21)22-9-12/h1-6,9,14-16,24H,7H2,(H,23,25). The summed E-state index contributed by atoms with van der Waals surface area (Å²) in [6, 6.07) is 9.94. The highest BCUT2D eigenvalue weighted by Gasteiger charge is 2.26. The van der Waals surface area contributed by atoms with Crippen molar-refractivity contribution >= 4 is 5.91 Å². The summed E-state index contributed by atoms with van der Waals surface area (Å²) in [6.07, 6.45) is -3.25. The maximum atomic E-state index is 13.0. The molecule has 2 rings (SSSR count). The van der Waals surface area contributed by atoms with Gasteiger partial charge in [-0.3, -0.25) is 4.79 Å². The molecule has 1 heterocycles. The van der Waals surface area contributed by atoms with Crippen LogP contribution in [0.3, 0.4) is 0 Å². The summed E-state index contributed by atoms with van der Waals surface area (Å²) in [5.74, 6) is -1.64. The van der Waals surface area contributed by atoms with Gasteiger partial charge in [-0.15, -0.1) is 0 Å². The van der Waals surface area contributed by atoms with Crippen molar-refractivity contribution in [2.45, 2.75) is 18.6 Å². The molecule has 0 bridgehead atoms. The lowest BCUT2D eigenvalue weighted by Crippen LogP contribution is -2.43. The molecule has 2 N–H and O–H groups in total. The van der Waals surface area contributed by atoms with Gasteiger partial charge in [0.25, 0.3) is 5.91 Å². The van der Waals surface area contributed by atoms with Crippen LogP contribution in [0.15, 0.2) is 42.6 Å². The monoisotopic (exact) mass is 349 g/mol. The van der Waals surface area contributed by atoms with Gasteiger partial charge >= 0.3 is 6.43 Å². The number of aliphatic hydroxyl groups is 1. The summed E-state index contributed by atoms with van der Waals surface area (Å²) in [4.78, 5) is 14.9. The minimum Gasteiger partial charge on any atom is -0.386 e. The average Bonchev–Trinajstić information content (AvgIpc) is 2.65. The third kappa shape index (κ3) is 4.55. The third-order valence-corrected chi connectivity index (χ3v) is 3.54. The van der Waals surface area contributed by atoms with E-state index in [4.69, 9.17) is 5.26 Å². The van der Waals surface area contributed by atoms with Crippen LogP contribution in [0.2, 0.25) is 0 Å². The molecular weight excluding hydrogens is 335 g/mol. The zero-order valence-electron chi connectivity index (χ0n) is 12.9. The van der Waals surface area contributed by atoms with Gasteiger partial charge in [0.1, 0.15) is 24.5 Å². The zero-order chi connectivity index (χ0) is 18.4. The number of aliphatic hydroxyl groups excluding tert-OH is 1. The van der Waals surface area contributed by atoms with Crippen molar-refractivity contribution in [2.75, 3.05) is 6.67 Å². The fraction of sp³-hybridized carbons (Fsp3) is 0.235. The number of aromatic nitrogens is 1. The Morgan fingerprint density at radius 1 is 1.20 bits per heavy atom. The average molecular weight is 349 g/mol. The molecule has 0 fully saturated rings. The van der Waals surface area contributed by atoms with E-state index in [0.717, 1.165) is 11.1 Å². The van der Waals surface area contributed by atoms with E-state index < -0.39 is 31.2 Å². The van der Waals surface area contributed by atoms with Gasteiger partial charge in [-0.1, -0.05) is 24.3 Å². The number of nitrogens with zero attached hydrogens (tertiary/aromatic N) is 2. The summed E-state index contributed by atoms with van der Waals surface area (Å²) in [7, 11) is 0. The number of halogens is 3. The molecule has 0 aliphatic carbocycles. The van der Waals surface area contributed by atoms with Gasteiger partial charge in [0.2, 0.25) is 0 Å². The topological polar surface area (TPSA) is 86.0 Å². The molecule has 0 radical (unpaired) electrons. The Bertz CT molecular complexity index is 758. The number of carbonyl (C=O) groups is 1. The Morgan fingerprint density at radius 2 is 1.84 bits per heavy atom. The number of rotatable bonds is 6. The zero-order valence-corrected chi connectivity index (χ0v) is 12.9. The summed E-state index contributed by atoms with van der Waals surface area (Å²) in [6.45, 7) is -1.19. The van der Waals surface area contributed by atoms with E-state index in [1.54, 1.807) is 29.6 Å². The minimum absolute atomic E-state index is 0.266. The number of benzene rings is 1. The Morgan fingerprint density at radius 3 is 2.32 bits per heavy atom. The highest BCUT2D eigenvalue weighted by Crippen LogP contribution is 2.23. The van der Waals surface area contributed by atoms with Crippen molar-refractivity contribution in [1.29, 1.82) is 5.26 Å². The quantitative estimate of drug-likeness (QED) is 0.838. The number of alkyl halides is 3. The molecule has 0 saturated carbocycles. The van der Waals surface area contributed by atoms with Gasteiger partial charge < -0.3 is 10.4 Å². The molecular formula is C17H14F3N3O2. The number of carbonyl (C=O) groups excluding carboxylic acids is 1. The molecule has 25 heavy (non-hydrogen) atoms. The first kappa shape index (κ1) is 18.4. The van der Waals surface area contributed by atoms with Crippen LogP contribution >= 0.6 is 0 Å². The summed E-state index contributed by atoms with van der Waals surface area (Å²) in [5.41, 5.74) is 2.01. The number of hydrogen-bond donors (Lipinski definition) is 2. The Kier molecular flexibility index (Phi) is 6.08. The number of nitrogens with one attached hydrogen (secondary N) is 1. The normalized spacial score (nSPS) is 13.1. The molecule has 0 spiro atoms. The molecule has 0 aliphatic rings. The maximum Gasteiger partial charge on any atom is 0.315 e. The van der Waals surface area contributed by atoms with E-state index in [-0.39, 0.29) is 11.3 Å². The van der Waals surface area contributed by atoms with Gasteiger partial charge in [0.15, 0.2) is 0 Å². The second-order valence-electron chi connectivity index (χ2n) is 5.18. The van der Waals surface area contributed by atoms with Crippen molar-refractivity contribution in [3.63, 3.8) is 0 Å². The fourth-order valence-electron chi connectivity index (χ4n) is 2.18. The van der Waals surface area contributed by atoms with Gasteiger partial charge in [-0.25, -0.2) is 9.37 Å². The molecule has 5 nitrogen and oxygen atoms in total. The third-order valence-electron chi connectivity index (χ3n) is 3.54. The highest BCUT2D eigenvalue weighted by molar-refractivity contribution is 5.79. The van der Waals surface area contributed by atoms with Crippen molar-refractivity contribution < 1.29 is 23.1 Å². The molecule has 8 heteroatoms. The van der Waals surface area contributed by atoms with Crippen LogP contribution in [0.4, 0.5) is 13.2 Å². The molecule has 1 aromatic carbocycles. The van der Waals surface area contributed by atoms with E-state index in [1.807, 2.05) is 6.07 Å². The van der Waals surface area contributed by atoms with Gasteiger partial charge in [-0.2, -0.15) is 14.0 Å². The lowest BCUT2D eigenvalue weighted by atomic mass is 9.99. The molecule has 130 valence electrons. The SMILES string of the molecule is N#Cc1ccc(-c2ccc(C(O)C(CF)NC(=O)C(F)F)cc2)cn1. The van der Waals surface area contributed by atoms with Crippen LogP contribution < -0.4 is 5.32 Å². The molecule has 1 aromatic heterocycles. The lowest BCUT2D eigenvalue weighted by Gasteiger charge is -2.21. The Labute approximate surface area is 141 Å². The number of pyridine rings is 1. The van der Waals surface area contributed by atoms with Gasteiger partial charge in [0.05, 0.1) is 6.04 Å². The number of amides is 1. The summed E-state index contributed by atoms with van der Waals surface area (Å²) < 4.78 is 37.5. The van der Waals surface area contributed by atoms with E-state index in [9.17, 15) is 23.1 Å². The van der Waals surface area contributed by atoms with Crippen LogP contribution in [0.5, 0.6) is 0 Å². The largest absolute Gasteiger partial charge is 0.386 e. The Balaban J connectivity index is 2.14. The first-order valence-electron chi connectivity index (χ1n) is 7.25. The maximum absolute atomic E-state index is 13.0. The first-order chi connectivity index (χ1) is 12.0. The second kappa shape index (κ2) is 8.26. The number of hydrogen-bond acceptors (Lipinski definition) is 4. The molecule has 2 unspecified atom stereocenters. The van der Waals surface area contributed by atoms with E-state index in [1.165, 1.54) is 18.3 Å². The first-order valence-corrected chi connectivity index (χ1v) is 7.25. The van der Waals surface area contributed by atoms with Crippen LogP contribution in [-0.2, 0) is 4.79 Å². The van der Waals surface area contributed by atoms with Crippen molar-refractivity contribution in [3.05, 3.63) is 53.9 Å². The summed E-state index contributed by atoms with van der Waals surface area (Å²) in [5, 5.41) is 20.6. The van der Waals surface area contributed by atoms with Crippen molar-refractivity contribution in [2.24, 2.45) is 0 Å². The van der Waals surface area contributed by atoms with E-state index in [2.05, 4.69) is 4.98 Å². The molecule has 1 amide bonds. The van der Waals surface area contributed by atoms with Crippen LogP contribution in [0, 0.1) is 11.3 Å². The summed E-state index contributed by atoms with van der Waals surface area (Å²) >= 11 is 0. The van der Waals surface area contributed by atoms with E-state index in [0.29, 0.717) is 0 Å². The predicted octanol–water partition coefficient (Wildman–Crippen LogP) is 2.37. The molecule has 2 atom stereocenters. The minimum atomic E-state index is -3.28. The Hall–Kier alpha value is -2.92. The van der Waals surface area contributed by atoms with Crippen molar-refractivity contribution in [3.8, 4) is 17.2 Å². The number of nitriles is 1. The highest BCUT2D eigenvalue weighted by atomic mass is 19.3. The van der Waals surface area contributed by atoms with Gasteiger partial charge in [-0.05, 0) is 23.3 Å². The predicted molar refractivity (Wildman–Crippen MR) is 83.3 cm³/mol. The van der Waals surface area contributed by atoms with E-state index >= 15 is 0 Å². The lowest BCUT2D eigenvalue weighted by molar-refractivity contribution is -0.133. The van der Waals surface area contributed by atoms with Crippen LogP contribution in [0.25, 0.3) is 11.1 Å². The van der Waals surface area contributed by atoms with Crippen molar-refractivity contribution in [1.82, 2.24) is 10.3 Å². The molecule has 2 aromatic rings. The second-order valence-corrected chi connectivity index (χ2v) is 5.18. The van der Waals surface area contributed by atoms with Gasteiger partial charge in [0, 0.05) is 11.8 Å². The fourth-order valence-corrected chi connectivity index (χ4v) is 2.18. The van der Waals surface area contributed by atoms with Crippen LogP contribution in [0.1, 0.15) is 17.4 Å².